The number of nitrogen functional groups attached to an aromatic ring is 1. The third-order valence-electron chi connectivity index (χ3n) is 2.75. The van der Waals surface area contributed by atoms with E-state index in [9.17, 15) is 4.79 Å². The van der Waals surface area contributed by atoms with E-state index in [0.29, 0.717) is 26.7 Å². The Kier molecular flexibility index (Phi) is 5.93. The Morgan fingerprint density at radius 3 is 2.86 bits per heavy atom. The van der Waals surface area contributed by atoms with E-state index < -0.39 is 0 Å². The van der Waals surface area contributed by atoms with E-state index in [1.54, 1.807) is 18.2 Å². The second-order valence-electron chi connectivity index (χ2n) is 4.48. The van der Waals surface area contributed by atoms with E-state index in [2.05, 4.69) is 15.5 Å². The lowest BCUT2D eigenvalue weighted by molar-refractivity contribution is -0.113. The second-order valence-corrected chi connectivity index (χ2v) is 6.27. The summed E-state index contributed by atoms with van der Waals surface area (Å²) in [6.45, 7) is 2.03. The zero-order valence-corrected chi connectivity index (χ0v) is 14.2. The van der Waals surface area contributed by atoms with Crippen molar-refractivity contribution >= 4 is 46.6 Å². The van der Waals surface area contributed by atoms with Gasteiger partial charge in [-0.15, -0.1) is 10.2 Å². The third kappa shape index (κ3) is 4.28. The first-order valence-corrected chi connectivity index (χ1v) is 8.32. The second kappa shape index (κ2) is 7.71. The molecular weight excluding hydrogens is 345 g/mol. The average molecular weight is 360 g/mol. The number of rotatable bonds is 6. The lowest BCUT2D eigenvalue weighted by atomic mass is 10.3. The number of aromatic nitrogens is 3. The highest BCUT2D eigenvalue weighted by Gasteiger charge is 2.12. The molecule has 3 N–H and O–H groups in total. The number of nitrogens with zero attached hydrogens (tertiary/aromatic N) is 3. The maximum atomic E-state index is 11.9. The van der Waals surface area contributed by atoms with Gasteiger partial charge in [0.05, 0.1) is 16.5 Å². The summed E-state index contributed by atoms with van der Waals surface area (Å²) in [5.74, 6) is 6.51. The van der Waals surface area contributed by atoms with Crippen molar-refractivity contribution in [2.45, 2.75) is 24.9 Å². The minimum Gasteiger partial charge on any atom is -0.336 e. The van der Waals surface area contributed by atoms with Crippen LogP contribution in [0.3, 0.4) is 0 Å². The van der Waals surface area contributed by atoms with Crippen molar-refractivity contribution in [1.82, 2.24) is 14.9 Å². The molecule has 0 aliphatic heterocycles. The molecule has 0 fully saturated rings. The van der Waals surface area contributed by atoms with E-state index in [1.165, 1.54) is 16.4 Å². The molecule has 9 heteroatoms. The molecule has 118 valence electrons. The summed E-state index contributed by atoms with van der Waals surface area (Å²) in [5.41, 5.74) is 0.512. The molecule has 0 saturated carbocycles. The van der Waals surface area contributed by atoms with E-state index in [0.717, 1.165) is 12.8 Å². The fourth-order valence-corrected chi connectivity index (χ4v) is 2.84. The lowest BCUT2D eigenvalue weighted by Gasteiger charge is -2.07. The predicted octanol–water partition coefficient (Wildman–Crippen LogP) is 2.98. The molecule has 1 aromatic heterocycles. The summed E-state index contributed by atoms with van der Waals surface area (Å²) in [4.78, 5) is 11.9. The van der Waals surface area contributed by atoms with E-state index in [4.69, 9.17) is 29.0 Å². The van der Waals surface area contributed by atoms with Crippen LogP contribution in [0.2, 0.25) is 10.0 Å². The van der Waals surface area contributed by atoms with Crippen LogP contribution in [-0.4, -0.2) is 26.5 Å². The number of carbonyl (C=O) groups is 1. The van der Waals surface area contributed by atoms with Crippen molar-refractivity contribution in [3.05, 3.63) is 34.1 Å². The number of hydrogen-bond donors (Lipinski definition) is 2. The van der Waals surface area contributed by atoms with Crippen molar-refractivity contribution in [2.75, 3.05) is 16.9 Å². The summed E-state index contributed by atoms with van der Waals surface area (Å²) in [5, 5.41) is 12.1. The first-order valence-electron chi connectivity index (χ1n) is 6.58. The summed E-state index contributed by atoms with van der Waals surface area (Å²) in [7, 11) is 0. The number of nitrogens with one attached hydrogen (secondary N) is 1. The van der Waals surface area contributed by atoms with Crippen LogP contribution >= 0.6 is 35.0 Å². The first kappa shape index (κ1) is 16.9. The van der Waals surface area contributed by atoms with Gasteiger partial charge in [0.2, 0.25) is 11.1 Å². The summed E-state index contributed by atoms with van der Waals surface area (Å²) < 4.78 is 1.41. The van der Waals surface area contributed by atoms with E-state index in [-0.39, 0.29) is 11.7 Å². The quantitative estimate of drug-likeness (QED) is 0.611. The molecule has 1 heterocycles. The van der Waals surface area contributed by atoms with Gasteiger partial charge in [0.25, 0.3) is 0 Å². The van der Waals surface area contributed by atoms with Crippen LogP contribution in [-0.2, 0) is 11.2 Å². The van der Waals surface area contributed by atoms with Crippen molar-refractivity contribution in [1.29, 1.82) is 0 Å². The molecule has 0 atom stereocenters. The van der Waals surface area contributed by atoms with Gasteiger partial charge in [0.15, 0.2) is 5.82 Å². The predicted molar refractivity (Wildman–Crippen MR) is 90.0 cm³/mol. The van der Waals surface area contributed by atoms with Crippen molar-refractivity contribution in [3.63, 3.8) is 0 Å². The summed E-state index contributed by atoms with van der Waals surface area (Å²) >= 11 is 13.0. The maximum absolute atomic E-state index is 11.9. The first-order chi connectivity index (χ1) is 10.5. The van der Waals surface area contributed by atoms with Gasteiger partial charge in [-0.2, -0.15) is 0 Å². The molecule has 1 aromatic carbocycles. The summed E-state index contributed by atoms with van der Waals surface area (Å²) in [6, 6.07) is 4.88. The molecule has 22 heavy (non-hydrogen) atoms. The molecule has 0 radical (unpaired) electrons. The van der Waals surface area contributed by atoms with E-state index >= 15 is 0 Å². The Balaban J connectivity index is 1.93. The number of carbonyl (C=O) groups excluding carboxylic acids is 1. The number of benzene rings is 1. The van der Waals surface area contributed by atoms with Crippen LogP contribution in [0.4, 0.5) is 5.69 Å². The molecule has 1 amide bonds. The Morgan fingerprint density at radius 2 is 2.18 bits per heavy atom. The van der Waals surface area contributed by atoms with Gasteiger partial charge in [-0.25, -0.2) is 4.68 Å². The van der Waals surface area contributed by atoms with Crippen LogP contribution < -0.4 is 11.2 Å². The normalized spacial score (nSPS) is 10.7. The zero-order chi connectivity index (χ0) is 16.1. The topological polar surface area (TPSA) is 85.8 Å². The Bertz CT molecular complexity index is 676. The van der Waals surface area contributed by atoms with E-state index in [1.807, 2.05) is 6.92 Å². The molecule has 0 unspecified atom stereocenters. The highest BCUT2D eigenvalue weighted by atomic mass is 35.5. The van der Waals surface area contributed by atoms with Crippen LogP contribution in [0, 0.1) is 0 Å². The number of thioether (sulfide) groups is 1. The maximum Gasteiger partial charge on any atom is 0.234 e. The molecule has 2 rings (SSSR count). The van der Waals surface area contributed by atoms with Crippen molar-refractivity contribution in [2.24, 2.45) is 0 Å². The molecule has 6 nitrogen and oxygen atoms in total. The Labute approximate surface area is 142 Å². The molecule has 0 saturated heterocycles. The minimum absolute atomic E-state index is 0.153. The fourth-order valence-electron chi connectivity index (χ4n) is 1.71. The third-order valence-corrected chi connectivity index (χ3v) is 4.24. The molecule has 2 aromatic rings. The lowest BCUT2D eigenvalue weighted by Crippen LogP contribution is -2.17. The molecule has 0 bridgehead atoms. The number of hydrogen-bond acceptors (Lipinski definition) is 5. The number of amides is 1. The molecule has 0 spiro atoms. The van der Waals surface area contributed by atoms with Crippen LogP contribution in [0.1, 0.15) is 19.2 Å². The van der Waals surface area contributed by atoms with Gasteiger partial charge >= 0.3 is 0 Å². The molecule has 0 aliphatic carbocycles. The average Bonchev–Trinajstić information content (AvgIpc) is 2.81. The van der Waals surface area contributed by atoms with Gasteiger partial charge in [0, 0.05) is 11.4 Å². The Morgan fingerprint density at radius 1 is 1.41 bits per heavy atom. The largest absolute Gasteiger partial charge is 0.336 e. The van der Waals surface area contributed by atoms with Gasteiger partial charge < -0.3 is 11.2 Å². The highest BCUT2D eigenvalue weighted by molar-refractivity contribution is 7.99. The standard InChI is InChI=1S/C13H15Cl2N5OS/c1-2-3-11-18-19-13(20(11)16)22-7-12(21)17-10-5-4-8(14)6-9(10)15/h4-6H,2-3,7,16H2,1H3,(H,17,21). The minimum atomic E-state index is -0.214. The molecular formula is C13H15Cl2N5OS. The highest BCUT2D eigenvalue weighted by Crippen LogP contribution is 2.25. The summed E-state index contributed by atoms with van der Waals surface area (Å²) in [6.07, 6.45) is 1.67. The number of anilines is 1. The number of halogens is 2. The fraction of sp³-hybridized carbons (Fsp3) is 0.308. The van der Waals surface area contributed by atoms with Crippen LogP contribution in [0.5, 0.6) is 0 Å². The van der Waals surface area contributed by atoms with Gasteiger partial charge in [-0.1, -0.05) is 41.9 Å². The smallest absolute Gasteiger partial charge is 0.234 e. The van der Waals surface area contributed by atoms with Crippen LogP contribution in [0.15, 0.2) is 23.4 Å². The SMILES string of the molecule is CCCc1nnc(SCC(=O)Nc2ccc(Cl)cc2Cl)n1N. The van der Waals surface area contributed by atoms with Crippen molar-refractivity contribution in [3.8, 4) is 0 Å². The van der Waals surface area contributed by atoms with Crippen molar-refractivity contribution < 1.29 is 4.79 Å². The Hall–Kier alpha value is -1.44. The zero-order valence-electron chi connectivity index (χ0n) is 11.8. The number of nitrogens with two attached hydrogens (primary N) is 1. The van der Waals surface area contributed by atoms with Gasteiger partial charge in [-0.05, 0) is 24.6 Å². The van der Waals surface area contributed by atoms with Gasteiger partial charge in [0.1, 0.15) is 0 Å². The number of aryl methyl sites for hydroxylation is 1. The molecule has 0 aliphatic rings. The van der Waals surface area contributed by atoms with Gasteiger partial charge in [-0.3, -0.25) is 4.79 Å². The van der Waals surface area contributed by atoms with Crippen LogP contribution in [0.25, 0.3) is 0 Å². The monoisotopic (exact) mass is 359 g/mol.